The number of aromatic amines is 1. The summed E-state index contributed by atoms with van der Waals surface area (Å²) in [6.07, 6.45) is 0.586. The fourth-order valence-corrected chi connectivity index (χ4v) is 5.92. The second kappa shape index (κ2) is 5.15. The molecule has 1 aromatic carbocycles. The second-order valence-corrected chi connectivity index (χ2v) is 9.18. The summed E-state index contributed by atoms with van der Waals surface area (Å²) < 4.78 is 40.8. The molecule has 4 nitrogen and oxygen atoms in total. The van der Waals surface area contributed by atoms with E-state index in [1.807, 2.05) is 13.0 Å². The summed E-state index contributed by atoms with van der Waals surface area (Å²) in [6.45, 7) is 2.60. The first-order valence-corrected chi connectivity index (χ1v) is 9.56. The second-order valence-electron chi connectivity index (χ2n) is 5.73. The van der Waals surface area contributed by atoms with Crippen LogP contribution in [-0.4, -0.2) is 24.3 Å². The molecule has 4 rings (SSSR count). The Bertz CT molecular complexity index is 1000. The van der Waals surface area contributed by atoms with Gasteiger partial charge in [0.05, 0.1) is 6.54 Å². The lowest BCUT2D eigenvalue weighted by Gasteiger charge is -2.25. The van der Waals surface area contributed by atoms with Crippen LogP contribution in [0.1, 0.15) is 16.1 Å². The summed E-state index contributed by atoms with van der Waals surface area (Å²) in [5.41, 5.74) is 2.73. The average Bonchev–Trinajstić information content (AvgIpc) is 3.10. The lowest BCUT2D eigenvalue weighted by atomic mass is 10.0. The molecule has 1 aliphatic heterocycles. The molecular formula is C16H15FN2O2S2. The van der Waals surface area contributed by atoms with Crippen LogP contribution in [0.2, 0.25) is 0 Å². The lowest BCUT2D eigenvalue weighted by Crippen LogP contribution is -2.35. The number of thiophene rings is 1. The summed E-state index contributed by atoms with van der Waals surface area (Å²) in [7, 11) is -3.47. The predicted octanol–water partition coefficient (Wildman–Crippen LogP) is 3.42. The Balaban J connectivity index is 1.73. The summed E-state index contributed by atoms with van der Waals surface area (Å²) in [6, 6.07) is 8.10. The molecule has 120 valence electrons. The Morgan fingerprint density at radius 2 is 2.09 bits per heavy atom. The molecule has 3 heterocycles. The van der Waals surface area contributed by atoms with Crippen molar-refractivity contribution in [3.8, 4) is 0 Å². The highest BCUT2D eigenvalue weighted by atomic mass is 32.2. The van der Waals surface area contributed by atoms with Crippen LogP contribution < -0.4 is 0 Å². The van der Waals surface area contributed by atoms with Crippen LogP contribution in [0.15, 0.2) is 34.5 Å². The van der Waals surface area contributed by atoms with E-state index in [0.29, 0.717) is 23.7 Å². The van der Waals surface area contributed by atoms with Gasteiger partial charge in [-0.25, -0.2) is 12.8 Å². The van der Waals surface area contributed by atoms with E-state index in [2.05, 4.69) is 4.98 Å². The Labute approximate surface area is 137 Å². The molecular weight excluding hydrogens is 335 g/mol. The standard InChI is InChI=1S/C16H15FN2O2S2/c1-10-2-5-16(22-10)23(20,21)19-7-6-12-13-8-11(17)3-4-14(13)18-15(12)9-19/h2-5,8,18H,6-7,9H2,1H3. The quantitative estimate of drug-likeness (QED) is 0.770. The van der Waals surface area contributed by atoms with Gasteiger partial charge in [-0.1, -0.05) is 0 Å². The third kappa shape index (κ3) is 2.39. The number of rotatable bonds is 2. The van der Waals surface area contributed by atoms with Crippen molar-refractivity contribution in [2.24, 2.45) is 0 Å². The van der Waals surface area contributed by atoms with Crippen molar-refractivity contribution in [3.05, 3.63) is 52.3 Å². The summed E-state index contributed by atoms with van der Waals surface area (Å²) in [5, 5.41) is 0.851. The van der Waals surface area contributed by atoms with Crippen molar-refractivity contribution < 1.29 is 12.8 Å². The topological polar surface area (TPSA) is 53.2 Å². The maximum Gasteiger partial charge on any atom is 0.252 e. The minimum Gasteiger partial charge on any atom is -0.357 e. The van der Waals surface area contributed by atoms with Gasteiger partial charge in [0, 0.05) is 28.0 Å². The minimum absolute atomic E-state index is 0.275. The van der Waals surface area contributed by atoms with E-state index in [4.69, 9.17) is 0 Å². The van der Waals surface area contributed by atoms with Crippen molar-refractivity contribution in [2.45, 2.75) is 24.1 Å². The summed E-state index contributed by atoms with van der Waals surface area (Å²) in [4.78, 5) is 4.21. The minimum atomic E-state index is -3.47. The van der Waals surface area contributed by atoms with E-state index in [1.54, 1.807) is 12.1 Å². The number of hydrogen-bond acceptors (Lipinski definition) is 3. The number of sulfonamides is 1. The van der Waals surface area contributed by atoms with Crippen molar-refractivity contribution in [1.29, 1.82) is 0 Å². The zero-order chi connectivity index (χ0) is 16.2. The maximum absolute atomic E-state index is 13.5. The number of halogens is 1. The third-order valence-corrected chi connectivity index (χ3v) is 7.53. The molecule has 0 fully saturated rings. The van der Waals surface area contributed by atoms with Crippen molar-refractivity contribution in [3.63, 3.8) is 0 Å². The highest BCUT2D eigenvalue weighted by Gasteiger charge is 2.31. The normalized spacial score (nSPS) is 15.9. The molecule has 0 bridgehead atoms. The van der Waals surface area contributed by atoms with Gasteiger partial charge in [0.25, 0.3) is 10.0 Å². The zero-order valence-corrected chi connectivity index (χ0v) is 14.1. The number of aryl methyl sites for hydroxylation is 1. The maximum atomic E-state index is 13.5. The average molecular weight is 350 g/mol. The molecule has 0 aliphatic carbocycles. The van der Waals surface area contributed by atoms with E-state index < -0.39 is 10.0 Å². The molecule has 0 saturated carbocycles. The first kappa shape index (κ1) is 14.9. The molecule has 2 aromatic heterocycles. The van der Waals surface area contributed by atoms with Gasteiger partial charge in [-0.2, -0.15) is 4.31 Å². The number of fused-ring (bicyclic) bond motifs is 3. The van der Waals surface area contributed by atoms with Gasteiger partial charge in [-0.3, -0.25) is 0 Å². The molecule has 23 heavy (non-hydrogen) atoms. The molecule has 0 saturated heterocycles. The first-order chi connectivity index (χ1) is 10.9. The molecule has 0 atom stereocenters. The van der Waals surface area contributed by atoms with Gasteiger partial charge < -0.3 is 4.98 Å². The largest absolute Gasteiger partial charge is 0.357 e. The van der Waals surface area contributed by atoms with Gasteiger partial charge in [0.1, 0.15) is 10.0 Å². The molecule has 3 aromatic rings. The molecule has 0 unspecified atom stereocenters. The van der Waals surface area contributed by atoms with Crippen LogP contribution >= 0.6 is 11.3 Å². The molecule has 1 N–H and O–H groups in total. The zero-order valence-electron chi connectivity index (χ0n) is 12.5. The number of H-pyrrole nitrogens is 1. The Morgan fingerprint density at radius 1 is 1.26 bits per heavy atom. The molecule has 7 heteroatoms. The summed E-state index contributed by atoms with van der Waals surface area (Å²) >= 11 is 1.29. The smallest absolute Gasteiger partial charge is 0.252 e. The van der Waals surface area contributed by atoms with Gasteiger partial charge in [-0.15, -0.1) is 11.3 Å². The van der Waals surface area contributed by atoms with Gasteiger partial charge in [0.2, 0.25) is 0 Å². The van der Waals surface area contributed by atoms with Crippen molar-refractivity contribution in [1.82, 2.24) is 9.29 Å². The monoisotopic (exact) mass is 350 g/mol. The number of hydrogen-bond donors (Lipinski definition) is 1. The van der Waals surface area contributed by atoms with Crippen molar-refractivity contribution in [2.75, 3.05) is 6.54 Å². The summed E-state index contributed by atoms with van der Waals surface area (Å²) in [5.74, 6) is -0.275. The van der Waals surface area contributed by atoms with Crippen LogP contribution in [0.3, 0.4) is 0 Å². The Hall–Kier alpha value is -1.70. The van der Waals surface area contributed by atoms with Gasteiger partial charge >= 0.3 is 0 Å². The molecule has 1 aliphatic rings. The molecule has 0 radical (unpaired) electrons. The van der Waals surface area contributed by atoms with Crippen LogP contribution in [0.4, 0.5) is 4.39 Å². The van der Waals surface area contributed by atoms with E-state index in [-0.39, 0.29) is 5.82 Å². The fourth-order valence-electron chi connectivity index (χ4n) is 3.07. The van der Waals surface area contributed by atoms with Gasteiger partial charge in [0.15, 0.2) is 0 Å². The fraction of sp³-hybridized carbons (Fsp3) is 0.250. The number of nitrogens with zero attached hydrogens (tertiary/aromatic N) is 1. The number of nitrogens with one attached hydrogen (secondary N) is 1. The third-order valence-electron chi connectivity index (χ3n) is 4.21. The van der Waals surface area contributed by atoms with Crippen LogP contribution in [0, 0.1) is 12.7 Å². The van der Waals surface area contributed by atoms with E-state index in [1.165, 1.54) is 27.8 Å². The number of aromatic nitrogens is 1. The van der Waals surface area contributed by atoms with Crippen molar-refractivity contribution >= 4 is 32.3 Å². The van der Waals surface area contributed by atoms with Gasteiger partial charge in [-0.05, 0) is 49.2 Å². The van der Waals surface area contributed by atoms with Crippen LogP contribution in [0.25, 0.3) is 10.9 Å². The van der Waals surface area contributed by atoms with E-state index in [9.17, 15) is 12.8 Å². The SMILES string of the molecule is Cc1ccc(S(=O)(=O)N2CCc3c([nH]c4ccc(F)cc34)C2)s1. The number of benzene rings is 1. The lowest BCUT2D eigenvalue weighted by molar-refractivity contribution is 0.389. The molecule has 0 spiro atoms. The van der Waals surface area contributed by atoms with Crippen LogP contribution in [-0.2, 0) is 23.0 Å². The van der Waals surface area contributed by atoms with E-state index in [0.717, 1.165) is 27.0 Å². The molecule has 0 amide bonds. The van der Waals surface area contributed by atoms with Crippen LogP contribution in [0.5, 0.6) is 0 Å². The van der Waals surface area contributed by atoms with E-state index >= 15 is 0 Å². The Kier molecular flexibility index (Phi) is 3.33. The first-order valence-electron chi connectivity index (χ1n) is 7.31. The predicted molar refractivity (Wildman–Crippen MR) is 88.6 cm³/mol. The highest BCUT2D eigenvalue weighted by molar-refractivity contribution is 7.91. The Morgan fingerprint density at radius 3 is 2.83 bits per heavy atom. The highest BCUT2D eigenvalue weighted by Crippen LogP contribution is 2.32.